The first-order valence-electron chi connectivity index (χ1n) is 5.55. The number of nitrogens with one attached hydrogen (secondary N) is 1. The van der Waals surface area contributed by atoms with Gasteiger partial charge in [0.05, 0.1) is 12.8 Å². The maximum absolute atomic E-state index is 6.04. The van der Waals surface area contributed by atoms with Gasteiger partial charge < -0.3 is 4.74 Å². The Kier molecular flexibility index (Phi) is 3.73. The van der Waals surface area contributed by atoms with Crippen LogP contribution in [0.3, 0.4) is 0 Å². The normalized spacial score (nSPS) is 10.9. The molecule has 1 aromatic heterocycles. The summed E-state index contributed by atoms with van der Waals surface area (Å²) in [5.41, 5.74) is 0.799. The van der Waals surface area contributed by atoms with Crippen molar-refractivity contribution in [2.75, 3.05) is 7.11 Å². The zero-order chi connectivity index (χ0) is 13.3. The summed E-state index contributed by atoms with van der Waals surface area (Å²) in [5.74, 6) is 1.79. The van der Waals surface area contributed by atoms with Crippen LogP contribution in [0.1, 0.15) is 25.6 Å². The molecule has 0 aliphatic carbocycles. The molecule has 0 saturated heterocycles. The van der Waals surface area contributed by atoms with E-state index in [1.54, 1.807) is 13.2 Å². The van der Waals surface area contributed by atoms with Crippen LogP contribution in [0.25, 0.3) is 5.69 Å². The van der Waals surface area contributed by atoms with Crippen LogP contribution in [0.15, 0.2) is 18.2 Å². The monoisotopic (exact) mass is 283 g/mol. The van der Waals surface area contributed by atoms with Crippen LogP contribution in [0, 0.1) is 4.77 Å². The summed E-state index contributed by atoms with van der Waals surface area (Å²) >= 11 is 11.3. The number of aromatic nitrogens is 3. The van der Waals surface area contributed by atoms with Crippen LogP contribution in [-0.2, 0) is 0 Å². The molecule has 0 aliphatic rings. The van der Waals surface area contributed by atoms with E-state index in [0.29, 0.717) is 15.5 Å². The fraction of sp³-hybridized carbons (Fsp3) is 0.333. The first-order chi connectivity index (χ1) is 8.54. The van der Waals surface area contributed by atoms with Gasteiger partial charge in [0.2, 0.25) is 0 Å². The van der Waals surface area contributed by atoms with E-state index in [1.165, 1.54) is 0 Å². The number of aromatic amines is 1. The maximum atomic E-state index is 6.04. The standard InChI is InChI=1S/C12H14ClN3OS/c1-7(2)11-14-15-12(18)16(11)9-6-8(13)4-5-10(9)17-3/h4-7H,1-3H3,(H,15,18). The molecular formula is C12H14ClN3OS. The van der Waals surface area contributed by atoms with Gasteiger partial charge in [-0.2, -0.15) is 5.10 Å². The molecule has 96 valence electrons. The van der Waals surface area contributed by atoms with Crippen LogP contribution in [0.4, 0.5) is 0 Å². The summed E-state index contributed by atoms with van der Waals surface area (Å²) in [6.45, 7) is 4.11. The van der Waals surface area contributed by atoms with E-state index in [0.717, 1.165) is 11.5 Å². The summed E-state index contributed by atoms with van der Waals surface area (Å²) in [6, 6.07) is 5.41. The van der Waals surface area contributed by atoms with Crippen molar-refractivity contribution in [2.45, 2.75) is 19.8 Å². The van der Waals surface area contributed by atoms with Gasteiger partial charge in [-0.15, -0.1) is 0 Å². The van der Waals surface area contributed by atoms with Crippen LogP contribution in [0.5, 0.6) is 5.75 Å². The third kappa shape index (κ3) is 2.28. The van der Waals surface area contributed by atoms with E-state index >= 15 is 0 Å². The highest BCUT2D eigenvalue weighted by atomic mass is 35.5. The Balaban J connectivity index is 2.72. The van der Waals surface area contributed by atoms with Gasteiger partial charge in [0.1, 0.15) is 11.6 Å². The van der Waals surface area contributed by atoms with Gasteiger partial charge in [0.25, 0.3) is 0 Å². The highest BCUT2D eigenvalue weighted by molar-refractivity contribution is 7.71. The second-order valence-corrected chi connectivity index (χ2v) is 5.02. The van der Waals surface area contributed by atoms with Gasteiger partial charge in [-0.05, 0) is 30.4 Å². The number of hydrogen-bond acceptors (Lipinski definition) is 3. The van der Waals surface area contributed by atoms with Gasteiger partial charge in [-0.3, -0.25) is 9.67 Å². The highest BCUT2D eigenvalue weighted by Gasteiger charge is 2.15. The first-order valence-corrected chi connectivity index (χ1v) is 6.34. The number of halogens is 1. The molecule has 0 amide bonds. The Hall–Kier alpha value is -1.33. The average Bonchev–Trinajstić information content (AvgIpc) is 2.71. The molecule has 0 unspecified atom stereocenters. The van der Waals surface area contributed by atoms with E-state index in [4.69, 9.17) is 28.6 Å². The molecular weight excluding hydrogens is 270 g/mol. The van der Waals surface area contributed by atoms with Crippen molar-refractivity contribution >= 4 is 23.8 Å². The second kappa shape index (κ2) is 5.12. The number of methoxy groups -OCH3 is 1. The summed E-state index contributed by atoms with van der Waals surface area (Å²) in [5, 5.41) is 7.68. The maximum Gasteiger partial charge on any atom is 0.200 e. The molecule has 0 atom stereocenters. The third-order valence-corrected chi connectivity index (χ3v) is 3.11. The second-order valence-electron chi connectivity index (χ2n) is 4.19. The summed E-state index contributed by atoms with van der Waals surface area (Å²) in [6.07, 6.45) is 0. The molecule has 0 aliphatic heterocycles. The lowest BCUT2D eigenvalue weighted by Crippen LogP contribution is -2.05. The third-order valence-electron chi connectivity index (χ3n) is 2.60. The number of H-pyrrole nitrogens is 1. The summed E-state index contributed by atoms with van der Waals surface area (Å²) in [4.78, 5) is 0. The van der Waals surface area contributed by atoms with E-state index in [9.17, 15) is 0 Å². The minimum absolute atomic E-state index is 0.238. The molecule has 0 bridgehead atoms. The van der Waals surface area contributed by atoms with Crippen molar-refractivity contribution in [1.29, 1.82) is 0 Å². The minimum Gasteiger partial charge on any atom is -0.495 e. The number of benzene rings is 1. The Bertz CT molecular complexity index is 618. The molecule has 0 fully saturated rings. The molecule has 1 aromatic carbocycles. The van der Waals surface area contributed by atoms with Crippen LogP contribution < -0.4 is 4.74 Å². The van der Waals surface area contributed by atoms with Crippen LogP contribution in [-0.4, -0.2) is 21.9 Å². The van der Waals surface area contributed by atoms with E-state index in [-0.39, 0.29) is 5.92 Å². The molecule has 0 spiro atoms. The van der Waals surface area contributed by atoms with E-state index in [2.05, 4.69) is 24.0 Å². The summed E-state index contributed by atoms with van der Waals surface area (Å²) < 4.78 is 7.73. The zero-order valence-electron chi connectivity index (χ0n) is 10.4. The van der Waals surface area contributed by atoms with Gasteiger partial charge >= 0.3 is 0 Å². The predicted octanol–water partition coefficient (Wildman–Crippen LogP) is 3.72. The van der Waals surface area contributed by atoms with E-state index in [1.807, 2.05) is 16.7 Å². The number of nitrogens with zero attached hydrogens (tertiary/aromatic N) is 2. The van der Waals surface area contributed by atoms with Crippen LogP contribution >= 0.6 is 23.8 Å². The molecule has 18 heavy (non-hydrogen) atoms. The Morgan fingerprint density at radius 1 is 1.44 bits per heavy atom. The van der Waals surface area contributed by atoms with Gasteiger partial charge in [-0.25, -0.2) is 0 Å². The SMILES string of the molecule is COc1ccc(Cl)cc1-n1c(C(C)C)n[nH]c1=S. The minimum atomic E-state index is 0.238. The average molecular weight is 284 g/mol. The summed E-state index contributed by atoms with van der Waals surface area (Å²) in [7, 11) is 1.62. The quantitative estimate of drug-likeness (QED) is 0.873. The molecule has 2 rings (SSSR count). The van der Waals surface area contributed by atoms with Gasteiger partial charge in [0.15, 0.2) is 4.77 Å². The van der Waals surface area contributed by atoms with Crippen molar-refractivity contribution in [2.24, 2.45) is 0 Å². The van der Waals surface area contributed by atoms with Crippen molar-refractivity contribution in [3.05, 3.63) is 33.8 Å². The zero-order valence-corrected chi connectivity index (χ0v) is 12.0. The predicted molar refractivity (Wildman–Crippen MR) is 74.4 cm³/mol. The van der Waals surface area contributed by atoms with E-state index < -0.39 is 0 Å². The Morgan fingerprint density at radius 2 is 2.17 bits per heavy atom. The molecule has 0 radical (unpaired) electrons. The highest BCUT2D eigenvalue weighted by Crippen LogP contribution is 2.29. The Morgan fingerprint density at radius 3 is 2.78 bits per heavy atom. The molecule has 0 saturated carbocycles. The fourth-order valence-electron chi connectivity index (χ4n) is 1.77. The molecule has 6 heteroatoms. The van der Waals surface area contributed by atoms with Crippen molar-refractivity contribution < 1.29 is 4.74 Å². The molecule has 1 heterocycles. The lowest BCUT2D eigenvalue weighted by Gasteiger charge is -2.13. The van der Waals surface area contributed by atoms with Crippen molar-refractivity contribution in [3.8, 4) is 11.4 Å². The first kappa shape index (κ1) is 13.1. The molecule has 1 N–H and O–H groups in total. The van der Waals surface area contributed by atoms with Crippen LogP contribution in [0.2, 0.25) is 5.02 Å². The lowest BCUT2D eigenvalue weighted by atomic mass is 10.2. The van der Waals surface area contributed by atoms with Gasteiger partial charge in [0, 0.05) is 10.9 Å². The Labute approximate surface area is 116 Å². The topological polar surface area (TPSA) is 42.8 Å². The largest absolute Gasteiger partial charge is 0.495 e. The molecule has 2 aromatic rings. The fourth-order valence-corrected chi connectivity index (χ4v) is 2.17. The lowest BCUT2D eigenvalue weighted by molar-refractivity contribution is 0.412. The van der Waals surface area contributed by atoms with Gasteiger partial charge in [-0.1, -0.05) is 25.4 Å². The number of ether oxygens (including phenoxy) is 1. The van der Waals surface area contributed by atoms with Crippen molar-refractivity contribution in [3.63, 3.8) is 0 Å². The smallest absolute Gasteiger partial charge is 0.200 e. The number of hydrogen-bond donors (Lipinski definition) is 1. The van der Waals surface area contributed by atoms with Crippen molar-refractivity contribution in [1.82, 2.24) is 14.8 Å². The number of rotatable bonds is 3. The molecule has 4 nitrogen and oxygen atoms in total.